The fourth-order valence-corrected chi connectivity index (χ4v) is 3.47. The third-order valence-electron chi connectivity index (χ3n) is 2.84. The number of fused-ring (bicyclic) bond motifs is 1. The van der Waals surface area contributed by atoms with Gasteiger partial charge in [-0.15, -0.1) is 0 Å². The molecular weight excluding hydrogens is 252 g/mol. The van der Waals surface area contributed by atoms with E-state index in [9.17, 15) is 8.42 Å². The number of anilines is 1. The van der Waals surface area contributed by atoms with Gasteiger partial charge in [0.2, 0.25) is 10.0 Å². The normalized spacial score (nSPS) is 15.7. The number of ether oxygens (including phenoxy) is 1. The van der Waals surface area contributed by atoms with Gasteiger partial charge < -0.3 is 10.1 Å². The van der Waals surface area contributed by atoms with E-state index in [2.05, 4.69) is 5.32 Å². The minimum atomic E-state index is -3.29. The lowest BCUT2D eigenvalue weighted by molar-refractivity contribution is 0.322. The average molecular weight is 270 g/mol. The predicted molar refractivity (Wildman–Crippen MR) is 71.6 cm³/mol. The fourth-order valence-electron chi connectivity index (χ4n) is 1.93. The first-order chi connectivity index (χ1) is 8.65. The highest BCUT2D eigenvalue weighted by molar-refractivity contribution is 7.92. The van der Waals surface area contributed by atoms with Crippen molar-refractivity contribution in [2.75, 3.05) is 36.8 Å². The van der Waals surface area contributed by atoms with Gasteiger partial charge >= 0.3 is 0 Å². The van der Waals surface area contributed by atoms with Crippen LogP contribution in [0.5, 0.6) is 5.75 Å². The molecule has 0 atom stereocenters. The zero-order valence-electron chi connectivity index (χ0n) is 10.4. The summed E-state index contributed by atoms with van der Waals surface area (Å²) in [6, 6.07) is 7.27. The lowest BCUT2D eigenvalue weighted by Crippen LogP contribution is -2.36. The van der Waals surface area contributed by atoms with E-state index in [0.29, 0.717) is 37.6 Å². The lowest BCUT2D eigenvalue weighted by Gasteiger charge is -2.23. The van der Waals surface area contributed by atoms with E-state index >= 15 is 0 Å². The SMILES string of the molecule is CNCCS(=O)(=O)N1CCCOc2ccccc21. The molecule has 1 aliphatic heterocycles. The summed E-state index contributed by atoms with van der Waals surface area (Å²) in [7, 11) is -1.55. The summed E-state index contributed by atoms with van der Waals surface area (Å²) in [5.41, 5.74) is 0.645. The maximum Gasteiger partial charge on any atom is 0.236 e. The van der Waals surface area contributed by atoms with Crippen LogP contribution < -0.4 is 14.4 Å². The van der Waals surface area contributed by atoms with Crippen molar-refractivity contribution in [2.24, 2.45) is 0 Å². The number of nitrogens with one attached hydrogen (secondary N) is 1. The Morgan fingerprint density at radius 1 is 1.39 bits per heavy atom. The van der Waals surface area contributed by atoms with Crippen LogP contribution in [0, 0.1) is 0 Å². The largest absolute Gasteiger partial charge is 0.491 e. The summed E-state index contributed by atoms with van der Waals surface area (Å²) in [5.74, 6) is 0.737. The maximum atomic E-state index is 12.3. The second-order valence-corrected chi connectivity index (χ2v) is 6.17. The Balaban J connectivity index is 2.33. The number of para-hydroxylation sites is 2. The van der Waals surface area contributed by atoms with Crippen LogP contribution in [-0.2, 0) is 10.0 Å². The summed E-state index contributed by atoms with van der Waals surface area (Å²) in [5, 5.41) is 2.87. The zero-order valence-corrected chi connectivity index (χ0v) is 11.2. The summed E-state index contributed by atoms with van der Waals surface area (Å²) >= 11 is 0. The summed E-state index contributed by atoms with van der Waals surface area (Å²) < 4.78 is 31.6. The molecule has 0 aliphatic carbocycles. The van der Waals surface area contributed by atoms with E-state index in [1.54, 1.807) is 19.2 Å². The molecule has 0 spiro atoms. The molecule has 0 fully saturated rings. The van der Waals surface area contributed by atoms with Crippen molar-refractivity contribution < 1.29 is 13.2 Å². The Bertz CT molecular complexity index is 502. The molecule has 1 N–H and O–H groups in total. The second-order valence-electron chi connectivity index (χ2n) is 4.16. The number of nitrogens with zero attached hydrogens (tertiary/aromatic N) is 1. The predicted octanol–water partition coefficient (Wildman–Crippen LogP) is 0.825. The minimum Gasteiger partial charge on any atom is -0.491 e. The summed E-state index contributed by atoms with van der Waals surface area (Å²) in [4.78, 5) is 0. The Labute approximate surface area is 108 Å². The Morgan fingerprint density at radius 3 is 2.94 bits per heavy atom. The number of benzene rings is 1. The number of sulfonamides is 1. The Morgan fingerprint density at radius 2 is 2.17 bits per heavy atom. The van der Waals surface area contributed by atoms with E-state index < -0.39 is 10.0 Å². The van der Waals surface area contributed by atoms with Crippen LogP contribution in [-0.4, -0.2) is 40.9 Å². The second kappa shape index (κ2) is 5.58. The van der Waals surface area contributed by atoms with E-state index in [-0.39, 0.29) is 5.75 Å². The lowest BCUT2D eigenvalue weighted by atomic mass is 10.3. The molecule has 1 aromatic carbocycles. The summed E-state index contributed by atoms with van der Waals surface area (Å²) in [6.45, 7) is 1.47. The van der Waals surface area contributed by atoms with Crippen LogP contribution in [0.3, 0.4) is 0 Å². The number of rotatable bonds is 4. The molecule has 0 saturated carbocycles. The Hall–Kier alpha value is -1.27. The standard InChI is InChI=1S/C12H18N2O3S/c1-13-7-10-18(15,16)14-8-4-9-17-12-6-3-2-5-11(12)14/h2-3,5-6,13H,4,7-10H2,1H3. The van der Waals surface area contributed by atoms with Crippen LogP contribution in [0.1, 0.15) is 6.42 Å². The molecule has 2 rings (SSSR count). The van der Waals surface area contributed by atoms with Crippen molar-refractivity contribution in [2.45, 2.75) is 6.42 Å². The molecule has 6 heteroatoms. The van der Waals surface area contributed by atoms with Gasteiger partial charge in [-0.25, -0.2) is 8.42 Å². The Kier molecular flexibility index (Phi) is 4.08. The first kappa shape index (κ1) is 13.2. The molecule has 5 nitrogen and oxygen atoms in total. The fraction of sp³-hybridized carbons (Fsp3) is 0.500. The van der Waals surface area contributed by atoms with E-state index in [1.807, 2.05) is 12.1 Å². The summed E-state index contributed by atoms with van der Waals surface area (Å²) in [6.07, 6.45) is 0.702. The monoisotopic (exact) mass is 270 g/mol. The molecular formula is C12H18N2O3S. The number of hydrogen-bond donors (Lipinski definition) is 1. The van der Waals surface area contributed by atoms with Crippen LogP contribution >= 0.6 is 0 Å². The smallest absolute Gasteiger partial charge is 0.236 e. The molecule has 18 heavy (non-hydrogen) atoms. The van der Waals surface area contributed by atoms with Gasteiger partial charge in [0.05, 0.1) is 18.0 Å². The van der Waals surface area contributed by atoms with Gasteiger partial charge in [0.1, 0.15) is 5.75 Å². The first-order valence-electron chi connectivity index (χ1n) is 6.02. The molecule has 1 aromatic rings. The molecule has 0 bridgehead atoms. The van der Waals surface area contributed by atoms with Crippen LogP contribution in [0.25, 0.3) is 0 Å². The minimum absolute atomic E-state index is 0.0951. The van der Waals surface area contributed by atoms with Crippen molar-refractivity contribution >= 4 is 15.7 Å². The average Bonchev–Trinajstić information content (AvgIpc) is 2.59. The molecule has 0 unspecified atom stereocenters. The van der Waals surface area contributed by atoms with E-state index in [1.165, 1.54) is 4.31 Å². The van der Waals surface area contributed by atoms with Crippen molar-refractivity contribution in [3.63, 3.8) is 0 Å². The van der Waals surface area contributed by atoms with Gasteiger partial charge in [0.15, 0.2) is 0 Å². The van der Waals surface area contributed by atoms with Crippen LogP contribution in [0.2, 0.25) is 0 Å². The molecule has 1 heterocycles. The molecule has 1 aliphatic rings. The highest BCUT2D eigenvalue weighted by Gasteiger charge is 2.26. The first-order valence-corrected chi connectivity index (χ1v) is 7.63. The van der Waals surface area contributed by atoms with Gasteiger partial charge in [-0.05, 0) is 19.2 Å². The highest BCUT2D eigenvalue weighted by Crippen LogP contribution is 2.32. The van der Waals surface area contributed by atoms with Gasteiger partial charge in [0, 0.05) is 19.5 Å². The number of hydrogen-bond acceptors (Lipinski definition) is 4. The molecule has 100 valence electrons. The van der Waals surface area contributed by atoms with Gasteiger partial charge in [-0.2, -0.15) is 0 Å². The zero-order chi connectivity index (χ0) is 13.0. The molecule has 0 radical (unpaired) electrons. The van der Waals surface area contributed by atoms with Crippen molar-refractivity contribution in [3.8, 4) is 5.75 Å². The molecule has 0 aromatic heterocycles. The maximum absolute atomic E-state index is 12.3. The van der Waals surface area contributed by atoms with Gasteiger partial charge in [-0.1, -0.05) is 12.1 Å². The van der Waals surface area contributed by atoms with Gasteiger partial charge in [-0.3, -0.25) is 4.31 Å². The van der Waals surface area contributed by atoms with Crippen LogP contribution in [0.15, 0.2) is 24.3 Å². The van der Waals surface area contributed by atoms with Crippen molar-refractivity contribution in [1.82, 2.24) is 5.32 Å². The quantitative estimate of drug-likeness (QED) is 0.880. The molecule has 0 saturated heterocycles. The third-order valence-corrected chi connectivity index (χ3v) is 4.61. The highest BCUT2D eigenvalue weighted by atomic mass is 32.2. The van der Waals surface area contributed by atoms with Crippen molar-refractivity contribution in [3.05, 3.63) is 24.3 Å². The van der Waals surface area contributed by atoms with Crippen LogP contribution in [0.4, 0.5) is 5.69 Å². The topological polar surface area (TPSA) is 58.6 Å². The van der Waals surface area contributed by atoms with E-state index in [4.69, 9.17) is 4.74 Å². The van der Waals surface area contributed by atoms with E-state index in [0.717, 1.165) is 0 Å². The third kappa shape index (κ3) is 2.76. The van der Waals surface area contributed by atoms with Gasteiger partial charge in [0.25, 0.3) is 0 Å². The van der Waals surface area contributed by atoms with Crippen molar-refractivity contribution in [1.29, 1.82) is 0 Å². The molecule has 0 amide bonds.